The smallest absolute Gasteiger partial charge is 0.242 e. The van der Waals surface area contributed by atoms with Crippen molar-refractivity contribution in [2.75, 3.05) is 18.9 Å². The van der Waals surface area contributed by atoms with Gasteiger partial charge in [0.25, 0.3) is 0 Å². The van der Waals surface area contributed by atoms with Crippen molar-refractivity contribution >= 4 is 17.3 Å². The normalized spacial score (nSPS) is 22.6. The van der Waals surface area contributed by atoms with Crippen LogP contribution in [0.1, 0.15) is 13.8 Å². The van der Waals surface area contributed by atoms with Gasteiger partial charge in [-0.25, -0.2) is 4.98 Å². The number of ether oxygens (including phenoxy) is 3. The molecule has 6 nitrogen and oxygen atoms in total. The summed E-state index contributed by atoms with van der Waals surface area (Å²) in [5, 5.41) is 0.180. The van der Waals surface area contributed by atoms with Gasteiger partial charge in [0.2, 0.25) is 5.88 Å². The van der Waals surface area contributed by atoms with Crippen molar-refractivity contribution in [3.05, 3.63) is 11.5 Å². The lowest BCUT2D eigenvalue weighted by atomic mass is 10.4. The molecule has 2 heterocycles. The van der Waals surface area contributed by atoms with Crippen LogP contribution in [0.4, 0.5) is 5.69 Å². The molecular formula is C10H14ClN3O3. The fourth-order valence-electron chi connectivity index (χ4n) is 1.49. The van der Waals surface area contributed by atoms with Gasteiger partial charge in [0.15, 0.2) is 10.9 Å². The largest absolute Gasteiger partial charge is 0.473 e. The third kappa shape index (κ3) is 2.96. The summed E-state index contributed by atoms with van der Waals surface area (Å²) in [5.41, 5.74) is 5.90. The molecule has 0 saturated carbocycles. The second-order valence-corrected chi connectivity index (χ2v) is 4.50. The van der Waals surface area contributed by atoms with E-state index >= 15 is 0 Å². The van der Waals surface area contributed by atoms with Crippen molar-refractivity contribution in [3.63, 3.8) is 0 Å². The first kappa shape index (κ1) is 12.3. The van der Waals surface area contributed by atoms with E-state index in [0.717, 1.165) is 0 Å². The summed E-state index contributed by atoms with van der Waals surface area (Å²) in [6.07, 6.45) is 1.15. The van der Waals surface area contributed by atoms with Gasteiger partial charge in [-0.05, 0) is 13.8 Å². The van der Waals surface area contributed by atoms with Crippen LogP contribution in [-0.2, 0) is 9.47 Å². The van der Waals surface area contributed by atoms with Gasteiger partial charge >= 0.3 is 0 Å². The first-order chi connectivity index (χ1) is 7.98. The number of nitrogens with zero attached hydrogens (tertiary/aromatic N) is 2. The first-order valence-corrected chi connectivity index (χ1v) is 5.56. The maximum absolute atomic E-state index is 5.74. The minimum Gasteiger partial charge on any atom is -0.473 e. The third-order valence-corrected chi connectivity index (χ3v) is 2.57. The second-order valence-electron chi connectivity index (χ2n) is 4.15. The molecule has 0 bridgehead atoms. The fraction of sp³-hybridized carbons (Fsp3) is 0.600. The standard InChI is InChI=1S/C10H14ClN3O3/c1-10(2)16-4-6(17-10)3-15-9-7(12)8(11)13-5-14-9/h5-6H,3-4,12H2,1-2H3. The fourth-order valence-corrected chi connectivity index (χ4v) is 1.62. The number of hydrogen-bond donors (Lipinski definition) is 1. The summed E-state index contributed by atoms with van der Waals surface area (Å²) >= 11 is 5.74. The van der Waals surface area contributed by atoms with E-state index in [2.05, 4.69) is 9.97 Å². The molecule has 1 aromatic heterocycles. The quantitative estimate of drug-likeness (QED) is 0.823. The number of anilines is 1. The van der Waals surface area contributed by atoms with Gasteiger partial charge < -0.3 is 19.9 Å². The van der Waals surface area contributed by atoms with Gasteiger partial charge in [-0.1, -0.05) is 11.6 Å². The Kier molecular flexibility index (Phi) is 3.37. The molecule has 1 unspecified atom stereocenters. The highest BCUT2D eigenvalue weighted by Gasteiger charge is 2.33. The highest BCUT2D eigenvalue weighted by atomic mass is 35.5. The van der Waals surface area contributed by atoms with E-state index in [1.165, 1.54) is 6.33 Å². The van der Waals surface area contributed by atoms with Crippen LogP contribution in [-0.4, -0.2) is 35.1 Å². The zero-order chi connectivity index (χ0) is 12.5. The molecule has 1 aliphatic rings. The summed E-state index contributed by atoms with van der Waals surface area (Å²) in [7, 11) is 0. The van der Waals surface area contributed by atoms with Crippen LogP contribution in [0.25, 0.3) is 0 Å². The maximum atomic E-state index is 5.74. The number of halogens is 1. The van der Waals surface area contributed by atoms with Gasteiger partial charge in [0, 0.05) is 0 Å². The van der Waals surface area contributed by atoms with Gasteiger partial charge in [-0.2, -0.15) is 4.98 Å². The van der Waals surface area contributed by atoms with E-state index in [1.807, 2.05) is 13.8 Å². The molecule has 17 heavy (non-hydrogen) atoms. The van der Waals surface area contributed by atoms with E-state index in [9.17, 15) is 0 Å². The Balaban J connectivity index is 1.93. The molecule has 2 rings (SSSR count). The lowest BCUT2D eigenvalue weighted by Gasteiger charge is -2.17. The summed E-state index contributed by atoms with van der Waals surface area (Å²) in [6, 6.07) is 0. The molecule has 94 valence electrons. The lowest BCUT2D eigenvalue weighted by molar-refractivity contribution is -0.141. The zero-order valence-corrected chi connectivity index (χ0v) is 10.4. The topological polar surface area (TPSA) is 79.5 Å². The molecule has 0 radical (unpaired) electrons. The number of rotatable bonds is 3. The van der Waals surface area contributed by atoms with E-state index in [1.54, 1.807) is 0 Å². The summed E-state index contributed by atoms with van der Waals surface area (Å²) < 4.78 is 16.4. The molecule has 0 amide bonds. The Morgan fingerprint density at radius 3 is 3.00 bits per heavy atom. The predicted octanol–water partition coefficient (Wildman–Crippen LogP) is 1.24. The Labute approximate surface area is 104 Å². The average molecular weight is 260 g/mol. The van der Waals surface area contributed by atoms with Crippen LogP contribution in [0, 0.1) is 0 Å². The van der Waals surface area contributed by atoms with Crippen LogP contribution >= 0.6 is 11.6 Å². The lowest BCUT2D eigenvalue weighted by Crippen LogP contribution is -2.25. The molecule has 1 saturated heterocycles. The first-order valence-electron chi connectivity index (χ1n) is 5.18. The van der Waals surface area contributed by atoms with Gasteiger partial charge in [-0.3, -0.25) is 0 Å². The van der Waals surface area contributed by atoms with Gasteiger partial charge in [0.05, 0.1) is 6.61 Å². The molecule has 0 spiro atoms. The molecule has 2 N–H and O–H groups in total. The number of nitrogens with two attached hydrogens (primary N) is 1. The molecular weight excluding hydrogens is 246 g/mol. The second kappa shape index (κ2) is 4.64. The average Bonchev–Trinajstić information content (AvgIpc) is 2.61. The van der Waals surface area contributed by atoms with Crippen molar-refractivity contribution < 1.29 is 14.2 Å². The summed E-state index contributed by atoms with van der Waals surface area (Å²) in [6.45, 7) is 4.48. The third-order valence-electron chi connectivity index (χ3n) is 2.27. The minimum atomic E-state index is -0.567. The molecule has 1 aromatic rings. The van der Waals surface area contributed by atoms with Crippen molar-refractivity contribution in [1.82, 2.24) is 9.97 Å². The highest BCUT2D eigenvalue weighted by molar-refractivity contribution is 6.32. The Morgan fingerprint density at radius 2 is 2.35 bits per heavy atom. The van der Waals surface area contributed by atoms with E-state index in [0.29, 0.717) is 13.2 Å². The molecule has 0 aromatic carbocycles. The van der Waals surface area contributed by atoms with Crippen LogP contribution in [0.2, 0.25) is 5.15 Å². The Hall–Kier alpha value is -1.11. The molecule has 1 fully saturated rings. The molecule has 0 aliphatic carbocycles. The number of nitrogen functional groups attached to an aromatic ring is 1. The maximum Gasteiger partial charge on any atom is 0.242 e. The monoisotopic (exact) mass is 259 g/mol. The summed E-state index contributed by atoms with van der Waals surface area (Å²) in [5.74, 6) is -0.304. The van der Waals surface area contributed by atoms with Gasteiger partial charge in [0.1, 0.15) is 24.7 Å². The van der Waals surface area contributed by atoms with Crippen molar-refractivity contribution in [1.29, 1.82) is 0 Å². The van der Waals surface area contributed by atoms with Crippen LogP contribution in [0.5, 0.6) is 5.88 Å². The van der Waals surface area contributed by atoms with E-state index < -0.39 is 5.79 Å². The molecule has 1 atom stereocenters. The highest BCUT2D eigenvalue weighted by Crippen LogP contribution is 2.26. The van der Waals surface area contributed by atoms with E-state index in [-0.39, 0.29) is 22.8 Å². The van der Waals surface area contributed by atoms with Crippen molar-refractivity contribution in [2.45, 2.75) is 25.7 Å². The minimum absolute atomic E-state index is 0.141. The number of hydrogen-bond acceptors (Lipinski definition) is 6. The van der Waals surface area contributed by atoms with Crippen molar-refractivity contribution in [3.8, 4) is 5.88 Å². The van der Waals surface area contributed by atoms with Gasteiger partial charge in [-0.15, -0.1) is 0 Å². The van der Waals surface area contributed by atoms with E-state index in [4.69, 9.17) is 31.5 Å². The predicted molar refractivity (Wildman–Crippen MR) is 61.9 cm³/mol. The van der Waals surface area contributed by atoms with Crippen LogP contribution in [0.3, 0.4) is 0 Å². The molecule has 7 heteroatoms. The Bertz CT molecular complexity index is 414. The van der Waals surface area contributed by atoms with Crippen molar-refractivity contribution in [2.24, 2.45) is 0 Å². The molecule has 1 aliphatic heterocycles. The van der Waals surface area contributed by atoms with Crippen LogP contribution in [0.15, 0.2) is 6.33 Å². The SMILES string of the molecule is CC1(C)OCC(COc2ncnc(Cl)c2N)O1. The summed E-state index contributed by atoms with van der Waals surface area (Å²) in [4.78, 5) is 7.63. The Morgan fingerprint density at radius 1 is 1.59 bits per heavy atom. The zero-order valence-electron chi connectivity index (χ0n) is 9.64. The van der Waals surface area contributed by atoms with Crippen LogP contribution < -0.4 is 10.5 Å². The number of aromatic nitrogens is 2.